The Morgan fingerprint density at radius 2 is 1.95 bits per heavy atom. The summed E-state index contributed by atoms with van der Waals surface area (Å²) in [5.41, 5.74) is 1.02. The number of non-ortho nitro benzene ring substituents is 1. The highest BCUT2D eigenvalue weighted by atomic mass is 35.5. The Bertz CT molecular complexity index is 587. The summed E-state index contributed by atoms with van der Waals surface area (Å²) in [4.78, 5) is 14.3. The van der Waals surface area contributed by atoms with Crippen LogP contribution in [0.1, 0.15) is 18.5 Å². The van der Waals surface area contributed by atoms with Gasteiger partial charge in [0, 0.05) is 18.2 Å². The van der Waals surface area contributed by atoms with E-state index < -0.39 is 4.92 Å². The number of nitro groups is 1. The minimum atomic E-state index is -0.416. The second kappa shape index (κ2) is 5.67. The predicted octanol–water partition coefficient (Wildman–Crippen LogP) is 3.82. The lowest BCUT2D eigenvalue weighted by Gasteiger charge is -2.14. The summed E-state index contributed by atoms with van der Waals surface area (Å²) >= 11 is 5.80. The third-order valence-electron chi connectivity index (χ3n) is 2.68. The van der Waals surface area contributed by atoms with Gasteiger partial charge in [0.2, 0.25) is 0 Å². The van der Waals surface area contributed by atoms with Gasteiger partial charge in [-0.05, 0) is 24.6 Å². The SMILES string of the molecule is CC(Nc1cccc(Cl)n1)c1ccc([N+](=O)[O-])cc1. The zero-order chi connectivity index (χ0) is 13.8. The van der Waals surface area contributed by atoms with E-state index in [-0.39, 0.29) is 11.7 Å². The second-order valence-corrected chi connectivity index (χ2v) is 4.45. The average molecular weight is 278 g/mol. The number of pyridine rings is 1. The fourth-order valence-corrected chi connectivity index (χ4v) is 1.84. The van der Waals surface area contributed by atoms with Crippen molar-refractivity contribution in [1.82, 2.24) is 4.98 Å². The van der Waals surface area contributed by atoms with E-state index in [1.165, 1.54) is 12.1 Å². The van der Waals surface area contributed by atoms with Crippen molar-refractivity contribution in [2.24, 2.45) is 0 Å². The quantitative estimate of drug-likeness (QED) is 0.524. The molecule has 0 spiro atoms. The highest BCUT2D eigenvalue weighted by Crippen LogP contribution is 2.21. The molecule has 2 aromatic rings. The number of nitro benzene ring substituents is 1. The number of anilines is 1. The molecule has 98 valence electrons. The monoisotopic (exact) mass is 277 g/mol. The first-order valence-electron chi connectivity index (χ1n) is 5.70. The van der Waals surface area contributed by atoms with Crippen LogP contribution in [-0.4, -0.2) is 9.91 Å². The Hall–Kier alpha value is -2.14. The minimum absolute atomic E-state index is 0.0215. The van der Waals surface area contributed by atoms with Gasteiger partial charge in [-0.3, -0.25) is 10.1 Å². The maximum absolute atomic E-state index is 10.6. The smallest absolute Gasteiger partial charge is 0.269 e. The Balaban J connectivity index is 2.11. The molecule has 0 fully saturated rings. The van der Waals surface area contributed by atoms with Crippen molar-refractivity contribution in [1.29, 1.82) is 0 Å². The zero-order valence-electron chi connectivity index (χ0n) is 10.2. The normalized spacial score (nSPS) is 11.9. The Morgan fingerprint density at radius 3 is 2.53 bits per heavy atom. The Labute approximate surface area is 115 Å². The van der Waals surface area contributed by atoms with E-state index in [4.69, 9.17) is 11.6 Å². The molecule has 0 aliphatic carbocycles. The molecule has 1 atom stereocenters. The van der Waals surface area contributed by atoms with Crippen LogP contribution in [0.3, 0.4) is 0 Å². The molecule has 0 saturated carbocycles. The molecule has 1 aromatic heterocycles. The molecule has 1 N–H and O–H groups in total. The molecule has 19 heavy (non-hydrogen) atoms. The van der Waals surface area contributed by atoms with Crippen molar-refractivity contribution in [2.75, 3.05) is 5.32 Å². The molecule has 5 nitrogen and oxygen atoms in total. The summed E-state index contributed by atoms with van der Waals surface area (Å²) in [7, 11) is 0. The van der Waals surface area contributed by atoms with E-state index in [1.807, 2.05) is 13.0 Å². The van der Waals surface area contributed by atoms with Crippen molar-refractivity contribution in [3.63, 3.8) is 0 Å². The molecule has 6 heteroatoms. The van der Waals surface area contributed by atoms with E-state index in [1.54, 1.807) is 24.3 Å². The van der Waals surface area contributed by atoms with Crippen LogP contribution in [0.25, 0.3) is 0 Å². The number of rotatable bonds is 4. The molecule has 1 unspecified atom stereocenters. The van der Waals surface area contributed by atoms with Crippen LogP contribution < -0.4 is 5.32 Å². The maximum Gasteiger partial charge on any atom is 0.269 e. The van der Waals surface area contributed by atoms with E-state index in [0.717, 1.165) is 5.56 Å². The average Bonchev–Trinajstić information content (AvgIpc) is 2.39. The van der Waals surface area contributed by atoms with Crippen LogP contribution in [-0.2, 0) is 0 Å². The summed E-state index contributed by atoms with van der Waals surface area (Å²) < 4.78 is 0. The third-order valence-corrected chi connectivity index (χ3v) is 2.89. The molecule has 1 aromatic carbocycles. The largest absolute Gasteiger partial charge is 0.364 e. The predicted molar refractivity (Wildman–Crippen MR) is 74.4 cm³/mol. The van der Waals surface area contributed by atoms with Crippen LogP contribution in [0.2, 0.25) is 5.15 Å². The van der Waals surface area contributed by atoms with Gasteiger partial charge in [-0.25, -0.2) is 4.98 Å². The summed E-state index contributed by atoms with van der Waals surface area (Å²) in [6, 6.07) is 11.7. The summed E-state index contributed by atoms with van der Waals surface area (Å²) in [6.45, 7) is 1.95. The number of nitrogens with zero attached hydrogens (tertiary/aromatic N) is 2. The van der Waals surface area contributed by atoms with Crippen molar-refractivity contribution < 1.29 is 4.92 Å². The van der Waals surface area contributed by atoms with Gasteiger partial charge >= 0.3 is 0 Å². The van der Waals surface area contributed by atoms with E-state index in [0.29, 0.717) is 11.0 Å². The van der Waals surface area contributed by atoms with Gasteiger partial charge in [0.05, 0.1) is 4.92 Å². The molecular weight excluding hydrogens is 266 g/mol. The molecule has 1 heterocycles. The first-order valence-corrected chi connectivity index (χ1v) is 6.07. The highest BCUT2D eigenvalue weighted by Gasteiger charge is 2.09. The summed E-state index contributed by atoms with van der Waals surface area (Å²) in [5.74, 6) is 0.665. The lowest BCUT2D eigenvalue weighted by molar-refractivity contribution is -0.384. The topological polar surface area (TPSA) is 68.1 Å². The van der Waals surface area contributed by atoms with E-state index in [2.05, 4.69) is 10.3 Å². The lowest BCUT2D eigenvalue weighted by Crippen LogP contribution is -2.07. The van der Waals surface area contributed by atoms with Gasteiger partial charge in [0.15, 0.2) is 0 Å². The molecular formula is C13H12ClN3O2. The molecule has 2 rings (SSSR count). The fraction of sp³-hybridized carbons (Fsp3) is 0.154. The van der Waals surface area contributed by atoms with Crippen LogP contribution in [0.4, 0.5) is 11.5 Å². The molecule has 0 radical (unpaired) electrons. The van der Waals surface area contributed by atoms with Crippen molar-refractivity contribution in [3.8, 4) is 0 Å². The summed E-state index contributed by atoms with van der Waals surface area (Å²) in [6.07, 6.45) is 0. The molecule has 0 saturated heterocycles. The number of hydrogen-bond acceptors (Lipinski definition) is 4. The van der Waals surface area contributed by atoms with Crippen LogP contribution >= 0.6 is 11.6 Å². The number of hydrogen-bond donors (Lipinski definition) is 1. The van der Waals surface area contributed by atoms with Gasteiger partial charge in [-0.15, -0.1) is 0 Å². The first kappa shape index (κ1) is 13.3. The van der Waals surface area contributed by atoms with Gasteiger partial charge in [-0.1, -0.05) is 29.8 Å². The second-order valence-electron chi connectivity index (χ2n) is 4.06. The molecule has 0 bridgehead atoms. The van der Waals surface area contributed by atoms with Gasteiger partial charge in [0.1, 0.15) is 11.0 Å². The van der Waals surface area contributed by atoms with Gasteiger partial charge in [-0.2, -0.15) is 0 Å². The van der Waals surface area contributed by atoms with Gasteiger partial charge in [0.25, 0.3) is 5.69 Å². The number of aromatic nitrogens is 1. The van der Waals surface area contributed by atoms with Crippen molar-refractivity contribution >= 4 is 23.1 Å². The van der Waals surface area contributed by atoms with Gasteiger partial charge < -0.3 is 5.32 Å². The minimum Gasteiger partial charge on any atom is -0.364 e. The number of benzene rings is 1. The fourth-order valence-electron chi connectivity index (χ4n) is 1.68. The standard InChI is InChI=1S/C13H12ClN3O2/c1-9(15-13-4-2-3-12(14)16-13)10-5-7-11(8-6-10)17(18)19/h2-9H,1H3,(H,15,16). The number of halogens is 1. The third kappa shape index (κ3) is 3.42. The lowest BCUT2D eigenvalue weighted by atomic mass is 10.1. The molecule has 0 aliphatic rings. The first-order chi connectivity index (χ1) is 9.06. The molecule has 0 aliphatic heterocycles. The number of nitrogens with one attached hydrogen (secondary N) is 1. The summed E-state index contributed by atoms with van der Waals surface area (Å²) in [5, 5.41) is 14.2. The van der Waals surface area contributed by atoms with Crippen molar-refractivity contribution in [2.45, 2.75) is 13.0 Å². The van der Waals surface area contributed by atoms with Crippen molar-refractivity contribution in [3.05, 3.63) is 63.3 Å². The van der Waals surface area contributed by atoms with Crippen LogP contribution in [0.5, 0.6) is 0 Å². The highest BCUT2D eigenvalue weighted by molar-refractivity contribution is 6.29. The Kier molecular flexibility index (Phi) is 3.97. The maximum atomic E-state index is 10.6. The van der Waals surface area contributed by atoms with Crippen LogP contribution in [0, 0.1) is 10.1 Å². The van der Waals surface area contributed by atoms with E-state index in [9.17, 15) is 10.1 Å². The van der Waals surface area contributed by atoms with Crippen LogP contribution in [0.15, 0.2) is 42.5 Å². The zero-order valence-corrected chi connectivity index (χ0v) is 11.0. The van der Waals surface area contributed by atoms with E-state index >= 15 is 0 Å². The molecule has 0 amide bonds. The Morgan fingerprint density at radius 1 is 1.26 bits per heavy atom.